The molecule has 2 nitrogen and oxygen atoms in total. The molecule has 0 atom stereocenters. The summed E-state index contributed by atoms with van der Waals surface area (Å²) in [5, 5.41) is 3.98. The van der Waals surface area contributed by atoms with Crippen molar-refractivity contribution in [3.05, 3.63) is 126 Å². The summed E-state index contributed by atoms with van der Waals surface area (Å²) in [4.78, 5) is 25.7. The van der Waals surface area contributed by atoms with Crippen LogP contribution in [0.4, 0.5) is 0 Å². The van der Waals surface area contributed by atoms with Gasteiger partial charge in [0, 0.05) is 11.1 Å². The average Bonchev–Trinajstić information content (AvgIpc) is 2.86. The highest BCUT2D eigenvalue weighted by Gasteiger charge is 2.45. The average molecular weight is 429 g/mol. The van der Waals surface area contributed by atoms with Crippen LogP contribution in [0.15, 0.2) is 109 Å². The van der Waals surface area contributed by atoms with E-state index < -0.39 is 8.07 Å². The van der Waals surface area contributed by atoms with Gasteiger partial charge in [-0.25, -0.2) is 0 Å². The molecule has 152 valence electrons. The monoisotopic (exact) mass is 428 g/mol. The zero-order chi connectivity index (χ0) is 21.7. The second-order valence-corrected chi connectivity index (χ2v) is 12.3. The molecule has 0 bridgehead atoms. The highest BCUT2D eigenvalue weighted by atomic mass is 28.3. The van der Waals surface area contributed by atoms with Crippen LogP contribution in [0.3, 0.4) is 0 Å². The Bertz CT molecular complexity index is 1380. The Morgan fingerprint density at radius 1 is 0.531 bits per heavy atom. The summed E-state index contributed by atoms with van der Waals surface area (Å²) in [6, 6.07) is 34.6. The summed E-state index contributed by atoms with van der Waals surface area (Å²) in [6.45, 7) is 0. The van der Waals surface area contributed by atoms with Crippen molar-refractivity contribution < 1.29 is 9.59 Å². The van der Waals surface area contributed by atoms with Crippen LogP contribution in [0, 0.1) is 0 Å². The third-order valence-corrected chi connectivity index (χ3v) is 11.7. The standard InChI is InChI=1S/C29H20O2Si/c30-26-17-18-27(31)29-24(26)16-15-22-23-13-7-8-14-28(23)32(19-25(22)29,20-9-3-1-4-10-20)21-11-5-2-6-12-21/h1-18H,19H2. The van der Waals surface area contributed by atoms with Crippen molar-refractivity contribution in [2.75, 3.05) is 0 Å². The molecule has 4 aromatic rings. The SMILES string of the molecule is O=C1C=CC(=O)c2c1ccc1c2C[Si](c2ccccc2)(c2ccccc2)c2ccccc2-1. The molecule has 1 aliphatic carbocycles. The van der Waals surface area contributed by atoms with Crippen molar-refractivity contribution in [2.45, 2.75) is 6.04 Å². The summed E-state index contributed by atoms with van der Waals surface area (Å²) in [5.41, 5.74) is 4.38. The van der Waals surface area contributed by atoms with E-state index in [9.17, 15) is 9.59 Å². The number of rotatable bonds is 2. The summed E-state index contributed by atoms with van der Waals surface area (Å²) in [5.74, 6) is -0.159. The fourth-order valence-corrected chi connectivity index (χ4v) is 10.5. The lowest BCUT2D eigenvalue weighted by atomic mass is 9.86. The molecule has 32 heavy (non-hydrogen) atoms. The Balaban J connectivity index is 1.75. The first-order valence-corrected chi connectivity index (χ1v) is 13.0. The van der Waals surface area contributed by atoms with E-state index >= 15 is 0 Å². The molecule has 0 aromatic heterocycles. The minimum Gasteiger partial charge on any atom is -0.289 e. The molecular formula is C29H20O2Si. The van der Waals surface area contributed by atoms with Crippen molar-refractivity contribution in [2.24, 2.45) is 0 Å². The van der Waals surface area contributed by atoms with Gasteiger partial charge in [0.25, 0.3) is 0 Å². The summed E-state index contributed by atoms with van der Waals surface area (Å²) < 4.78 is 0. The van der Waals surface area contributed by atoms with Gasteiger partial charge in [-0.1, -0.05) is 91.0 Å². The van der Waals surface area contributed by atoms with Crippen LogP contribution in [-0.2, 0) is 6.04 Å². The van der Waals surface area contributed by atoms with Gasteiger partial charge in [-0.15, -0.1) is 0 Å². The number of benzene rings is 4. The van der Waals surface area contributed by atoms with Gasteiger partial charge in [-0.3, -0.25) is 9.59 Å². The zero-order valence-corrected chi connectivity index (χ0v) is 18.4. The van der Waals surface area contributed by atoms with E-state index in [1.54, 1.807) is 0 Å². The summed E-state index contributed by atoms with van der Waals surface area (Å²) in [6.07, 6.45) is 2.83. The maximum absolute atomic E-state index is 13.1. The normalized spacial score (nSPS) is 15.6. The topological polar surface area (TPSA) is 34.1 Å². The maximum atomic E-state index is 13.1. The number of hydrogen-bond donors (Lipinski definition) is 0. The maximum Gasteiger partial charge on any atom is 0.187 e. The van der Waals surface area contributed by atoms with Gasteiger partial charge in [-0.2, -0.15) is 0 Å². The van der Waals surface area contributed by atoms with E-state index in [4.69, 9.17) is 0 Å². The lowest BCUT2D eigenvalue weighted by molar-refractivity contribution is 0.0993. The van der Waals surface area contributed by atoms with Gasteiger partial charge in [-0.05, 0) is 56.5 Å². The Kier molecular flexibility index (Phi) is 4.20. The minimum absolute atomic E-state index is 0.0696. The molecule has 3 heteroatoms. The molecule has 0 saturated carbocycles. The number of carbonyl (C=O) groups is 2. The minimum atomic E-state index is -2.51. The number of ketones is 2. The molecule has 1 heterocycles. The van der Waals surface area contributed by atoms with Crippen molar-refractivity contribution in [3.63, 3.8) is 0 Å². The molecule has 0 spiro atoms. The number of carbonyl (C=O) groups excluding carboxylic acids is 2. The van der Waals surface area contributed by atoms with E-state index in [1.807, 2.05) is 24.3 Å². The van der Waals surface area contributed by atoms with Crippen molar-refractivity contribution in [1.29, 1.82) is 0 Å². The van der Waals surface area contributed by atoms with Crippen LogP contribution in [0.1, 0.15) is 26.3 Å². The Labute approximate surface area is 187 Å². The van der Waals surface area contributed by atoms with E-state index in [0.29, 0.717) is 11.1 Å². The van der Waals surface area contributed by atoms with Crippen LogP contribution in [0.25, 0.3) is 11.1 Å². The second-order valence-electron chi connectivity index (χ2n) is 8.44. The van der Waals surface area contributed by atoms with E-state index in [0.717, 1.165) is 17.2 Å². The molecule has 6 rings (SSSR count). The molecule has 2 aliphatic rings. The highest BCUT2D eigenvalue weighted by molar-refractivity contribution is 7.12. The smallest absolute Gasteiger partial charge is 0.187 e. The molecule has 0 fully saturated rings. The second kappa shape index (κ2) is 7.11. The van der Waals surface area contributed by atoms with Gasteiger partial charge >= 0.3 is 0 Å². The first-order chi connectivity index (χ1) is 15.7. The molecular weight excluding hydrogens is 408 g/mol. The molecule has 0 unspecified atom stereocenters. The number of fused-ring (bicyclic) bond motifs is 5. The van der Waals surface area contributed by atoms with Gasteiger partial charge in [0.05, 0.1) is 0 Å². The lowest BCUT2D eigenvalue weighted by Gasteiger charge is -2.40. The van der Waals surface area contributed by atoms with Crippen LogP contribution < -0.4 is 15.6 Å². The predicted molar refractivity (Wildman–Crippen MR) is 131 cm³/mol. The van der Waals surface area contributed by atoms with Crippen molar-refractivity contribution in [1.82, 2.24) is 0 Å². The fourth-order valence-electron chi connectivity index (χ4n) is 5.47. The highest BCUT2D eigenvalue weighted by Crippen LogP contribution is 2.37. The van der Waals surface area contributed by atoms with Crippen LogP contribution in [-0.4, -0.2) is 19.6 Å². The summed E-state index contributed by atoms with van der Waals surface area (Å²) in [7, 11) is -2.51. The Morgan fingerprint density at radius 3 is 1.78 bits per heavy atom. The van der Waals surface area contributed by atoms with Gasteiger partial charge in [0.1, 0.15) is 0 Å². The van der Waals surface area contributed by atoms with Crippen molar-refractivity contribution >= 4 is 35.2 Å². The molecule has 0 radical (unpaired) electrons. The number of hydrogen-bond acceptors (Lipinski definition) is 2. The largest absolute Gasteiger partial charge is 0.289 e. The van der Waals surface area contributed by atoms with Crippen LogP contribution in [0.2, 0.25) is 0 Å². The molecule has 1 aliphatic heterocycles. The third-order valence-electron chi connectivity index (χ3n) is 6.86. The quantitative estimate of drug-likeness (QED) is 0.455. The van der Waals surface area contributed by atoms with Crippen molar-refractivity contribution in [3.8, 4) is 11.1 Å². The van der Waals surface area contributed by atoms with Crippen LogP contribution >= 0.6 is 0 Å². The molecule has 0 amide bonds. The van der Waals surface area contributed by atoms with Crippen LogP contribution in [0.5, 0.6) is 0 Å². The molecule has 4 aromatic carbocycles. The van der Waals surface area contributed by atoms with Gasteiger partial charge in [0.15, 0.2) is 19.6 Å². The fraction of sp³-hybridized carbons (Fsp3) is 0.0345. The first kappa shape index (κ1) is 18.9. The van der Waals surface area contributed by atoms with Gasteiger partial charge in [0.2, 0.25) is 0 Å². The Morgan fingerprint density at radius 2 is 1.09 bits per heavy atom. The predicted octanol–water partition coefficient (Wildman–Crippen LogP) is 3.85. The molecule has 0 N–H and O–H groups in total. The van der Waals surface area contributed by atoms with Gasteiger partial charge < -0.3 is 0 Å². The molecule has 0 saturated heterocycles. The lowest BCUT2D eigenvalue weighted by Crippen LogP contribution is -2.70. The van der Waals surface area contributed by atoms with E-state index in [1.165, 1.54) is 33.3 Å². The first-order valence-electron chi connectivity index (χ1n) is 10.8. The zero-order valence-electron chi connectivity index (χ0n) is 17.4. The van der Waals surface area contributed by atoms with E-state index in [2.05, 4.69) is 72.8 Å². The number of allylic oxidation sites excluding steroid dienone is 2. The van der Waals surface area contributed by atoms with E-state index in [-0.39, 0.29) is 11.6 Å². The summed E-state index contributed by atoms with van der Waals surface area (Å²) >= 11 is 0. The Hall–Kier alpha value is -3.82. The third kappa shape index (κ3) is 2.58.